The number of phosphoric ester groups is 1. The Morgan fingerprint density at radius 3 is 2.40 bits per heavy atom. The van der Waals surface area contributed by atoms with Gasteiger partial charge in [-0.1, -0.05) is 38.1 Å². The molecule has 1 fully saturated rings. The Morgan fingerprint density at radius 1 is 0.935 bits per heavy atom. The lowest BCUT2D eigenvalue weighted by Crippen LogP contribution is -2.43. The van der Waals surface area contributed by atoms with Crippen LogP contribution in [0.15, 0.2) is 67.3 Å². The third kappa shape index (κ3) is 12.7. The number of carbonyl (C=O) groups is 3. The van der Waals surface area contributed by atoms with Gasteiger partial charge < -0.3 is 60.3 Å². The Bertz CT molecular complexity index is 3390. The van der Waals surface area contributed by atoms with E-state index in [0.29, 0.717) is 12.0 Å². The van der Waals surface area contributed by atoms with Crippen molar-refractivity contribution in [3.8, 4) is 0 Å². The number of anilines is 2. The molecule has 3 aromatic carbocycles. The number of nitrogens with one attached hydrogen (secondary N) is 2. The monoisotopic (exact) mass is 1130 g/mol. The minimum absolute atomic E-state index is 0.0349. The fourth-order valence-corrected chi connectivity index (χ4v) is 12.9. The highest BCUT2D eigenvalue weighted by atomic mass is 31.3. The number of amides is 3. The number of aryl methyl sites for hydroxylation is 1. The average Bonchev–Trinajstić information content (AvgIpc) is 3.96. The standard InChI is InChI=1S/C48H61N10O16P3/c1-7-57-21-10-12-28-22-33-35(24-36(28)57)48(2,3)34-23-29(55(4)5)16-17-32(34)39(33)30-13-8-9-14-31(30)45(61)56(6)20-11-15-38(59)50-18-19-51-47(62)72-42-41(60)37(25-70-76(66,67)74-77(68,69)73-75(63,64)65)71-46(42)58-27-54-40-43(49)52-26-53-44(40)58/h8-9,13-14,16-17,22-24,26-27,37,41-42,46,60H,7,10-12,15,18-21,25H2,1-6H3,(H7-,49,50,51,52,53,59,62,63,64,65,66,67,68,69)/p+1/t37-,41-,42-,46-/m1/s1. The fraction of sp³-hybridized carbons (Fsp3) is 0.438. The molecule has 26 nitrogen and oxygen atoms in total. The summed E-state index contributed by atoms with van der Waals surface area (Å²) in [5.41, 5.74) is 13.9. The maximum atomic E-state index is 14.5. The summed E-state index contributed by atoms with van der Waals surface area (Å²) in [6.45, 7) is 7.60. The van der Waals surface area contributed by atoms with Gasteiger partial charge >= 0.3 is 29.6 Å². The molecule has 0 radical (unpaired) electrons. The zero-order chi connectivity index (χ0) is 55.8. The van der Waals surface area contributed by atoms with Crippen LogP contribution in [-0.2, 0) is 52.9 Å². The number of rotatable bonds is 20. The molecule has 5 aromatic rings. The summed E-state index contributed by atoms with van der Waals surface area (Å²) in [6.07, 6.45) is -3.03. The van der Waals surface area contributed by atoms with Crippen LogP contribution in [0.1, 0.15) is 84.4 Å². The number of benzene rings is 3. The number of ether oxygens (including phenoxy) is 2. The predicted octanol–water partition coefficient (Wildman–Crippen LogP) is 2.18. The molecule has 1 aliphatic carbocycles. The van der Waals surface area contributed by atoms with Crippen molar-refractivity contribution in [1.29, 1.82) is 0 Å². The average molecular weight is 1130 g/mol. The van der Waals surface area contributed by atoms with Crippen LogP contribution in [0, 0.1) is 0 Å². The van der Waals surface area contributed by atoms with E-state index in [2.05, 4.69) is 99.3 Å². The van der Waals surface area contributed by atoms with Gasteiger partial charge in [0, 0.05) is 81.9 Å². The second-order valence-electron chi connectivity index (χ2n) is 19.4. The molecule has 8 rings (SSSR count). The number of aliphatic hydroxyl groups excluding tert-OH is 1. The second-order valence-corrected chi connectivity index (χ2v) is 23.8. The number of nitrogens with zero attached hydrogens (tertiary/aromatic N) is 7. The molecule has 414 valence electrons. The van der Waals surface area contributed by atoms with Gasteiger partial charge in [-0.2, -0.15) is 8.62 Å². The molecular formula is C48H62N10O16P3+. The zero-order valence-corrected chi connectivity index (χ0v) is 45.7. The van der Waals surface area contributed by atoms with Crippen LogP contribution in [0.25, 0.3) is 16.7 Å². The predicted molar refractivity (Wildman–Crippen MR) is 279 cm³/mol. The van der Waals surface area contributed by atoms with Crippen LogP contribution < -0.4 is 36.4 Å². The molecule has 2 aromatic heterocycles. The maximum Gasteiger partial charge on any atom is 0.490 e. The summed E-state index contributed by atoms with van der Waals surface area (Å²) in [4.78, 5) is 93.6. The largest absolute Gasteiger partial charge is 0.490 e. The van der Waals surface area contributed by atoms with Gasteiger partial charge in [-0.15, -0.1) is 0 Å². The van der Waals surface area contributed by atoms with E-state index in [1.165, 1.54) is 32.9 Å². The number of alkyl carbamates (subject to hydrolysis) is 1. The van der Waals surface area contributed by atoms with E-state index in [0.717, 1.165) is 59.9 Å². The highest BCUT2D eigenvalue weighted by molar-refractivity contribution is 7.66. The first kappa shape index (κ1) is 57.2. The third-order valence-electron chi connectivity index (χ3n) is 13.6. The molecule has 0 spiro atoms. The Balaban J connectivity index is 0.891. The van der Waals surface area contributed by atoms with Gasteiger partial charge in [0.1, 0.15) is 37.1 Å². The smallest absolute Gasteiger partial charge is 0.439 e. The number of aliphatic hydroxyl groups is 1. The van der Waals surface area contributed by atoms with Gasteiger partial charge in [-0.25, -0.2) is 38.0 Å². The number of carbonyl (C=O) groups excluding carboxylic acids is 3. The molecule has 2 aliphatic heterocycles. The van der Waals surface area contributed by atoms with Crippen molar-refractivity contribution in [3.63, 3.8) is 0 Å². The lowest BCUT2D eigenvalue weighted by atomic mass is 9.68. The summed E-state index contributed by atoms with van der Waals surface area (Å²) < 4.78 is 62.4. The van der Waals surface area contributed by atoms with E-state index in [1.54, 1.807) is 11.9 Å². The number of imidazole rings is 1. The molecule has 0 bridgehead atoms. The summed E-state index contributed by atoms with van der Waals surface area (Å²) in [6, 6.07) is 18.9. The van der Waals surface area contributed by atoms with Crippen molar-refractivity contribution < 1.29 is 75.4 Å². The second kappa shape index (κ2) is 22.8. The van der Waals surface area contributed by atoms with Crippen molar-refractivity contribution in [2.24, 2.45) is 0 Å². The van der Waals surface area contributed by atoms with E-state index < -0.39 is 60.7 Å². The molecule has 29 heteroatoms. The van der Waals surface area contributed by atoms with E-state index in [9.17, 15) is 43.0 Å². The molecule has 9 N–H and O–H groups in total. The van der Waals surface area contributed by atoms with Gasteiger partial charge in [0.25, 0.3) is 5.91 Å². The van der Waals surface area contributed by atoms with Crippen molar-refractivity contribution in [1.82, 2.24) is 39.6 Å². The lowest BCUT2D eigenvalue weighted by molar-refractivity contribution is -0.121. The van der Waals surface area contributed by atoms with Crippen LogP contribution in [0.2, 0.25) is 0 Å². The van der Waals surface area contributed by atoms with Crippen LogP contribution in [0.5, 0.6) is 0 Å². The number of nitrogen functional groups attached to an aromatic ring is 1. The highest BCUT2D eigenvalue weighted by Crippen LogP contribution is 2.66. The Kier molecular flexibility index (Phi) is 16.9. The first-order valence-electron chi connectivity index (χ1n) is 24.5. The number of aromatic nitrogens is 4. The first-order chi connectivity index (χ1) is 36.3. The van der Waals surface area contributed by atoms with E-state index in [-0.39, 0.29) is 60.3 Å². The number of phosphoric acid groups is 3. The Labute approximate surface area is 442 Å². The van der Waals surface area contributed by atoms with Crippen LogP contribution >= 0.6 is 23.5 Å². The lowest BCUT2D eigenvalue weighted by Gasteiger charge is -2.36. The van der Waals surface area contributed by atoms with Gasteiger partial charge in [-0.05, 0) is 77.1 Å². The Morgan fingerprint density at radius 2 is 1.68 bits per heavy atom. The molecule has 3 amide bonds. The van der Waals surface area contributed by atoms with Crippen molar-refractivity contribution in [2.45, 2.75) is 76.4 Å². The van der Waals surface area contributed by atoms with E-state index in [4.69, 9.17) is 25.0 Å². The van der Waals surface area contributed by atoms with Gasteiger partial charge in [0.15, 0.2) is 23.8 Å². The molecule has 77 heavy (non-hydrogen) atoms. The van der Waals surface area contributed by atoms with Gasteiger partial charge in [-0.3, -0.25) is 18.7 Å². The normalized spacial score (nSPS) is 20.3. The molecular weight excluding hydrogens is 1070 g/mol. The SMILES string of the molecule is CC[N+]1=c2cc3c(cc2CCC1)=C(c1ccccc1C(=O)N(C)CCCC(=O)NCCNC(=O)O[C@@H]1[C@H](O)[C@@H](COP(=O)(O)OP(=O)(O)OP(=O)(O)O)O[C@H]1n1cnc2c(N)ncnc21)c1ccc(N(C)C)cc1C3(C)C. The van der Waals surface area contributed by atoms with Gasteiger partial charge in [0.2, 0.25) is 11.3 Å². The number of fused-ring (bicyclic) bond motifs is 4. The molecule has 2 unspecified atom stereocenters. The number of hydrogen-bond acceptors (Lipinski definition) is 17. The quantitative estimate of drug-likeness (QED) is 0.0314. The maximum absolute atomic E-state index is 14.5. The molecule has 6 atom stereocenters. The van der Waals surface area contributed by atoms with E-state index in [1.807, 2.05) is 38.4 Å². The topological polar surface area (TPSA) is 353 Å². The highest BCUT2D eigenvalue weighted by Gasteiger charge is 2.50. The van der Waals surface area contributed by atoms with Crippen LogP contribution in [0.4, 0.5) is 16.3 Å². The zero-order valence-electron chi connectivity index (χ0n) is 43.0. The van der Waals surface area contributed by atoms with Crippen LogP contribution in [0.3, 0.4) is 0 Å². The minimum Gasteiger partial charge on any atom is -0.439 e. The minimum atomic E-state index is -5.87. The molecule has 0 saturated carbocycles. The molecule has 1 saturated heterocycles. The van der Waals surface area contributed by atoms with Crippen molar-refractivity contribution >= 4 is 69.6 Å². The molecule has 3 aliphatic rings. The van der Waals surface area contributed by atoms with Crippen molar-refractivity contribution in [3.05, 3.63) is 111 Å². The Hall–Kier alpha value is -5.98. The number of nitrogens with two attached hydrogens (primary N) is 1. The third-order valence-corrected chi connectivity index (χ3v) is 17.4. The number of hydrogen-bond donors (Lipinski definition) is 8. The molecule has 4 heterocycles. The van der Waals surface area contributed by atoms with Crippen LogP contribution in [-0.4, -0.2) is 146 Å². The first-order valence-corrected chi connectivity index (χ1v) is 29.0. The summed E-state index contributed by atoms with van der Waals surface area (Å²) in [5.74, 6) is -0.593. The summed E-state index contributed by atoms with van der Waals surface area (Å²) >= 11 is 0. The fourth-order valence-electron chi connectivity index (χ4n) is 9.91. The summed E-state index contributed by atoms with van der Waals surface area (Å²) in [7, 11) is -11.4. The van der Waals surface area contributed by atoms with E-state index >= 15 is 0 Å². The van der Waals surface area contributed by atoms with Gasteiger partial charge in [0.05, 0.1) is 12.9 Å². The summed E-state index contributed by atoms with van der Waals surface area (Å²) in [5, 5.41) is 18.8. The van der Waals surface area contributed by atoms with Crippen molar-refractivity contribution in [2.75, 3.05) is 71.1 Å².